The third kappa shape index (κ3) is 3.23. The van der Waals surface area contributed by atoms with Crippen LogP contribution in [-0.4, -0.2) is 27.7 Å². The molecule has 36 heavy (non-hydrogen) atoms. The van der Waals surface area contributed by atoms with Crippen LogP contribution in [0.1, 0.15) is 67.4 Å². The summed E-state index contributed by atoms with van der Waals surface area (Å²) in [5, 5.41) is 11.0. The molecule has 0 fully saturated rings. The number of carbonyl (C=O) groups is 1. The van der Waals surface area contributed by atoms with Gasteiger partial charge in [0, 0.05) is 11.1 Å². The van der Waals surface area contributed by atoms with Crippen LogP contribution in [0.15, 0.2) is 37.3 Å². The second-order valence-corrected chi connectivity index (χ2v) is 13.6. The molecule has 0 unspecified atom stereocenters. The Labute approximate surface area is 212 Å². The average molecular weight is 527 g/mol. The van der Waals surface area contributed by atoms with Crippen LogP contribution >= 0.6 is 0 Å². The predicted molar refractivity (Wildman–Crippen MR) is 141 cm³/mol. The molecular weight excluding hydrogens is 496 g/mol. The van der Waals surface area contributed by atoms with E-state index in [1.54, 1.807) is 27.7 Å². The van der Waals surface area contributed by atoms with Crippen LogP contribution in [0.4, 0.5) is 0 Å². The Morgan fingerprint density at radius 1 is 0.639 bits per heavy atom. The molecule has 6 nitrogen and oxygen atoms in total. The first kappa shape index (κ1) is 26.1. The number of hydrogen-bond donors (Lipinski definition) is 1. The zero-order valence-corrected chi connectivity index (χ0v) is 23.6. The number of sulfone groups is 2. The van der Waals surface area contributed by atoms with Gasteiger partial charge < -0.3 is 5.11 Å². The summed E-state index contributed by atoms with van der Waals surface area (Å²) in [5.74, 6) is -0.969. The maximum atomic E-state index is 13.5. The summed E-state index contributed by atoms with van der Waals surface area (Å²) in [6, 6.07) is 0. The monoisotopic (exact) mass is 526 g/mol. The van der Waals surface area contributed by atoms with Gasteiger partial charge in [0.1, 0.15) is 15.6 Å². The van der Waals surface area contributed by atoms with E-state index in [-0.39, 0.29) is 37.2 Å². The minimum atomic E-state index is -4.09. The molecule has 4 rings (SSSR count). The highest BCUT2D eigenvalue weighted by Gasteiger charge is 2.43. The summed E-state index contributed by atoms with van der Waals surface area (Å²) in [4.78, 5) is 12.7. The van der Waals surface area contributed by atoms with Gasteiger partial charge in [-0.1, -0.05) is 0 Å². The van der Waals surface area contributed by atoms with E-state index in [1.807, 2.05) is 27.7 Å². The van der Waals surface area contributed by atoms with Crippen molar-refractivity contribution >= 4 is 31.2 Å². The molecule has 0 aliphatic carbocycles. The fourth-order valence-corrected chi connectivity index (χ4v) is 9.22. The van der Waals surface area contributed by atoms with E-state index in [2.05, 4.69) is 0 Å². The molecule has 2 aromatic rings. The van der Waals surface area contributed by atoms with Crippen molar-refractivity contribution in [1.82, 2.24) is 0 Å². The van der Waals surface area contributed by atoms with Crippen LogP contribution in [0.3, 0.4) is 0 Å². The van der Waals surface area contributed by atoms with E-state index in [1.165, 1.54) is 19.1 Å². The molecule has 1 N–H and O–H groups in total. The Balaban J connectivity index is 1.92. The molecular formula is C28H30O6S2. The van der Waals surface area contributed by atoms with Gasteiger partial charge >= 0.3 is 0 Å². The van der Waals surface area contributed by atoms with Gasteiger partial charge in [-0.25, -0.2) is 16.8 Å². The summed E-state index contributed by atoms with van der Waals surface area (Å²) in [7, 11) is -8.14. The quantitative estimate of drug-likeness (QED) is 0.506. The van der Waals surface area contributed by atoms with E-state index in [4.69, 9.17) is 0 Å². The van der Waals surface area contributed by atoms with Crippen molar-refractivity contribution in [2.75, 3.05) is 0 Å². The predicted octanol–water partition coefficient (Wildman–Crippen LogP) is 5.67. The molecule has 0 bridgehead atoms. The normalized spacial score (nSPS) is 19.3. The lowest BCUT2D eigenvalue weighted by Crippen LogP contribution is -2.06. The largest absolute Gasteiger partial charge is 0.506 e. The molecule has 8 heteroatoms. The minimum Gasteiger partial charge on any atom is -0.506 e. The number of hydrogen-bond acceptors (Lipinski definition) is 6. The third-order valence-electron chi connectivity index (χ3n) is 8.02. The summed E-state index contributed by atoms with van der Waals surface area (Å²) in [6.45, 7) is 15.8. The first-order valence-corrected chi connectivity index (χ1v) is 14.5. The molecule has 2 aliphatic heterocycles. The lowest BCUT2D eigenvalue weighted by molar-refractivity contribution is 0.104. The van der Waals surface area contributed by atoms with Crippen LogP contribution in [0.2, 0.25) is 0 Å². The van der Waals surface area contributed by atoms with Crippen LogP contribution in [0.25, 0.3) is 5.76 Å². The number of Topliss-reactive ketones (excluding diaryl/α,β-unsaturated/α-hetero) is 1. The minimum absolute atomic E-state index is 0.0207. The molecule has 2 heterocycles. The van der Waals surface area contributed by atoms with E-state index in [0.717, 1.165) is 22.3 Å². The zero-order valence-electron chi connectivity index (χ0n) is 22.0. The summed E-state index contributed by atoms with van der Waals surface area (Å²) in [6.07, 6.45) is 2.44. The van der Waals surface area contributed by atoms with Gasteiger partial charge in [0.2, 0.25) is 25.5 Å². The van der Waals surface area contributed by atoms with Crippen molar-refractivity contribution in [2.24, 2.45) is 0 Å². The Hall–Kier alpha value is -2.97. The Morgan fingerprint density at radius 2 is 1.06 bits per heavy atom. The van der Waals surface area contributed by atoms with Crippen molar-refractivity contribution < 1.29 is 26.7 Å². The van der Waals surface area contributed by atoms with Crippen molar-refractivity contribution in [2.45, 2.75) is 72.1 Å². The molecule has 0 saturated carbocycles. The second kappa shape index (κ2) is 8.02. The fraction of sp³-hybridized carbons (Fsp3) is 0.321. The fourth-order valence-electron chi connectivity index (χ4n) is 5.25. The molecule has 190 valence electrons. The zero-order chi connectivity index (χ0) is 27.2. The Bertz CT molecular complexity index is 1750. The number of aliphatic hydroxyl groups excluding tert-OH is 1. The maximum Gasteiger partial charge on any atom is 0.211 e. The number of benzene rings is 2. The third-order valence-corrected chi connectivity index (χ3v) is 11.9. The molecule has 0 radical (unpaired) electrons. The highest BCUT2D eigenvalue weighted by Crippen LogP contribution is 2.45. The van der Waals surface area contributed by atoms with Gasteiger partial charge in [0.25, 0.3) is 0 Å². The van der Waals surface area contributed by atoms with Crippen molar-refractivity contribution in [1.29, 1.82) is 0 Å². The lowest BCUT2D eigenvalue weighted by atomic mass is 9.92. The number of allylic oxidation sites excluding steroid dienone is 4. The number of rotatable bonds is 2. The van der Waals surface area contributed by atoms with Crippen LogP contribution in [-0.2, 0) is 19.7 Å². The van der Waals surface area contributed by atoms with E-state index < -0.39 is 30.4 Å². The first-order chi connectivity index (χ1) is 16.5. The van der Waals surface area contributed by atoms with Gasteiger partial charge in [-0.3, -0.25) is 4.79 Å². The van der Waals surface area contributed by atoms with Crippen LogP contribution < -0.4 is 0 Å². The van der Waals surface area contributed by atoms with Crippen molar-refractivity contribution in [3.05, 3.63) is 83.2 Å². The molecule has 2 aromatic carbocycles. The van der Waals surface area contributed by atoms with Crippen molar-refractivity contribution in [3.8, 4) is 0 Å². The maximum absolute atomic E-state index is 13.5. The lowest BCUT2D eigenvalue weighted by Gasteiger charge is -2.15. The number of carbonyl (C=O) groups excluding carboxylic acids is 1. The smallest absolute Gasteiger partial charge is 0.211 e. The molecule has 0 atom stereocenters. The van der Waals surface area contributed by atoms with Gasteiger partial charge in [-0.15, -0.1) is 0 Å². The summed E-state index contributed by atoms with van der Waals surface area (Å²) in [5.41, 5.74) is 6.49. The van der Waals surface area contributed by atoms with Crippen LogP contribution in [0, 0.1) is 55.4 Å². The molecule has 0 spiro atoms. The van der Waals surface area contributed by atoms with Gasteiger partial charge in [0.05, 0.1) is 9.79 Å². The summed E-state index contributed by atoms with van der Waals surface area (Å²) < 4.78 is 53.8. The van der Waals surface area contributed by atoms with Crippen LogP contribution in [0.5, 0.6) is 0 Å². The second-order valence-electron chi connectivity index (χ2n) is 9.85. The first-order valence-electron chi connectivity index (χ1n) is 11.6. The van der Waals surface area contributed by atoms with E-state index >= 15 is 0 Å². The number of ketones is 1. The molecule has 0 saturated heterocycles. The van der Waals surface area contributed by atoms with Gasteiger partial charge in [0.15, 0.2) is 0 Å². The number of fused-ring (bicyclic) bond motifs is 2. The van der Waals surface area contributed by atoms with Gasteiger partial charge in [-0.05, 0) is 125 Å². The highest BCUT2D eigenvalue weighted by molar-refractivity contribution is 7.97. The average Bonchev–Trinajstić information content (AvgIpc) is 3.12. The Morgan fingerprint density at radius 3 is 1.56 bits per heavy atom. The molecule has 2 aliphatic rings. The topological polar surface area (TPSA) is 106 Å². The Kier molecular flexibility index (Phi) is 5.81. The number of aliphatic hydroxyl groups is 1. The van der Waals surface area contributed by atoms with E-state index in [0.29, 0.717) is 22.3 Å². The van der Waals surface area contributed by atoms with Crippen molar-refractivity contribution in [3.63, 3.8) is 0 Å². The summed E-state index contributed by atoms with van der Waals surface area (Å²) >= 11 is 0. The standard InChI is InChI=1S/C28H30O6S2/c1-12(10-21-25(29)23-17(6)13(2)15(4)19(8)27(23)35(21,31)32)11-22-26(30)24-18(7)14(3)16(5)20(9)28(24)36(22,33)34/h10-11,29H,1-9H3. The van der Waals surface area contributed by atoms with Gasteiger partial charge in [-0.2, -0.15) is 0 Å². The SMILES string of the molecule is CC(=CC1=C(O)c2c(C)c(C)c(C)c(C)c2S1(=O)=O)C=C1C(=O)c2c(C)c(C)c(C)c(C)c2S1(=O)=O. The highest BCUT2D eigenvalue weighted by atomic mass is 32.2. The van der Waals surface area contributed by atoms with E-state index in [9.17, 15) is 26.7 Å². The molecule has 0 aromatic heterocycles. The molecule has 0 amide bonds.